The van der Waals surface area contributed by atoms with Crippen LogP contribution >= 0.6 is 23.2 Å². The van der Waals surface area contributed by atoms with Crippen LogP contribution in [0.2, 0.25) is 10.0 Å². The number of benzene rings is 1. The monoisotopic (exact) mass is 535 g/mol. The molecular weight excluding hydrogens is 508 g/mol. The Kier molecular flexibility index (Phi) is 7.18. The van der Waals surface area contributed by atoms with Gasteiger partial charge in [0.25, 0.3) is 0 Å². The van der Waals surface area contributed by atoms with E-state index in [0.29, 0.717) is 67.9 Å². The lowest BCUT2D eigenvalue weighted by Crippen LogP contribution is -2.36. The van der Waals surface area contributed by atoms with Crippen molar-refractivity contribution in [2.24, 2.45) is 17.6 Å². The van der Waals surface area contributed by atoms with Crippen LogP contribution in [0.4, 0.5) is 22.0 Å². The van der Waals surface area contributed by atoms with Crippen LogP contribution in [0.15, 0.2) is 18.3 Å². The second-order valence-corrected chi connectivity index (χ2v) is 10.4. The second-order valence-electron chi connectivity index (χ2n) is 9.58. The highest BCUT2D eigenvalue weighted by molar-refractivity contribution is 6.36. The molecule has 2 atom stereocenters. The van der Waals surface area contributed by atoms with Crippen molar-refractivity contribution < 1.29 is 13.9 Å². The number of rotatable bonds is 6. The number of ether oxygens (including phenoxy) is 1. The Morgan fingerprint density at radius 3 is 2.67 bits per heavy atom. The third kappa shape index (κ3) is 5.07. The summed E-state index contributed by atoms with van der Waals surface area (Å²) >= 11 is 12.2. The van der Waals surface area contributed by atoms with Crippen LogP contribution in [0.25, 0.3) is 11.2 Å². The van der Waals surface area contributed by atoms with Crippen molar-refractivity contribution in [2.75, 3.05) is 23.8 Å². The van der Waals surface area contributed by atoms with Crippen LogP contribution in [0.3, 0.4) is 0 Å². The number of amides is 1. The summed E-state index contributed by atoms with van der Waals surface area (Å²) in [5.41, 5.74) is 6.79. The van der Waals surface area contributed by atoms with Crippen LogP contribution in [0.5, 0.6) is 0 Å². The highest BCUT2D eigenvalue weighted by atomic mass is 35.5. The van der Waals surface area contributed by atoms with Gasteiger partial charge in [-0.05, 0) is 50.2 Å². The first-order chi connectivity index (χ1) is 17.3. The molecule has 2 fully saturated rings. The third-order valence-corrected chi connectivity index (χ3v) is 7.61. The number of primary amides is 1. The number of carbonyl (C=O) groups is 1. The maximum Gasteiger partial charge on any atom is 0.224 e. The Morgan fingerprint density at radius 2 is 1.97 bits per heavy atom. The van der Waals surface area contributed by atoms with Gasteiger partial charge in [0.05, 0.1) is 23.5 Å². The quantitative estimate of drug-likeness (QED) is 0.402. The molecule has 1 unspecified atom stereocenters. The number of hydrogen-bond donors (Lipinski definition) is 3. The topological polar surface area (TPSA) is 120 Å². The maximum absolute atomic E-state index is 14.8. The van der Waals surface area contributed by atoms with E-state index in [0.717, 1.165) is 6.42 Å². The molecule has 1 amide bonds. The SMILES string of the molecule is C[C@@H]1COCCC1Nc1ncc2nc(Nc3c(F)cc(Cl)cc3Cl)n(C3CCC(C(N)=O)CC3)c2n1. The molecule has 2 aliphatic rings. The molecule has 5 rings (SSSR count). The molecule has 0 spiro atoms. The van der Waals surface area contributed by atoms with Gasteiger partial charge in [0, 0.05) is 29.6 Å². The zero-order chi connectivity index (χ0) is 25.4. The number of halogens is 3. The van der Waals surface area contributed by atoms with E-state index >= 15 is 0 Å². The number of hydrogen-bond acceptors (Lipinski definition) is 7. The van der Waals surface area contributed by atoms with Crippen LogP contribution in [-0.4, -0.2) is 44.7 Å². The van der Waals surface area contributed by atoms with E-state index < -0.39 is 5.82 Å². The summed E-state index contributed by atoms with van der Waals surface area (Å²) in [6, 6.07) is 2.83. The van der Waals surface area contributed by atoms with Crippen molar-refractivity contribution in [2.45, 2.75) is 51.1 Å². The number of anilines is 3. The van der Waals surface area contributed by atoms with Crippen LogP contribution in [0.1, 0.15) is 45.1 Å². The number of imidazole rings is 1. The van der Waals surface area contributed by atoms with Gasteiger partial charge in [-0.3, -0.25) is 9.36 Å². The summed E-state index contributed by atoms with van der Waals surface area (Å²) in [7, 11) is 0. The van der Waals surface area contributed by atoms with E-state index in [1.807, 2.05) is 4.57 Å². The first kappa shape index (κ1) is 25.0. The minimum atomic E-state index is -0.592. The normalized spacial score (nSPS) is 24.6. The minimum Gasteiger partial charge on any atom is -0.381 e. The Bertz CT molecular complexity index is 1260. The minimum absolute atomic E-state index is 0.0213. The molecule has 9 nitrogen and oxygen atoms in total. The fourth-order valence-corrected chi connectivity index (χ4v) is 5.56. The zero-order valence-corrected chi connectivity index (χ0v) is 21.3. The molecule has 36 heavy (non-hydrogen) atoms. The molecule has 2 aromatic heterocycles. The van der Waals surface area contributed by atoms with E-state index in [1.165, 1.54) is 12.1 Å². The van der Waals surface area contributed by atoms with Gasteiger partial charge in [-0.15, -0.1) is 0 Å². The molecule has 192 valence electrons. The Morgan fingerprint density at radius 1 is 1.19 bits per heavy atom. The maximum atomic E-state index is 14.8. The molecule has 1 saturated carbocycles. The van der Waals surface area contributed by atoms with Gasteiger partial charge in [0.2, 0.25) is 17.8 Å². The van der Waals surface area contributed by atoms with Crippen LogP contribution < -0.4 is 16.4 Å². The van der Waals surface area contributed by atoms with Crippen molar-refractivity contribution in [3.05, 3.63) is 34.2 Å². The Balaban J connectivity index is 1.53. The second kappa shape index (κ2) is 10.4. The zero-order valence-electron chi connectivity index (χ0n) is 19.8. The summed E-state index contributed by atoms with van der Waals surface area (Å²) in [6.45, 7) is 3.50. The molecule has 1 aromatic carbocycles. The third-order valence-electron chi connectivity index (χ3n) is 7.10. The first-order valence-electron chi connectivity index (χ1n) is 12.1. The van der Waals surface area contributed by atoms with Gasteiger partial charge in [0.15, 0.2) is 5.65 Å². The lowest BCUT2D eigenvalue weighted by Gasteiger charge is -2.30. The van der Waals surface area contributed by atoms with E-state index in [1.54, 1.807) is 6.20 Å². The molecule has 3 heterocycles. The number of nitrogens with zero attached hydrogens (tertiary/aromatic N) is 4. The fraction of sp³-hybridized carbons (Fsp3) is 0.500. The van der Waals surface area contributed by atoms with Gasteiger partial charge < -0.3 is 21.1 Å². The van der Waals surface area contributed by atoms with Crippen LogP contribution in [-0.2, 0) is 9.53 Å². The van der Waals surface area contributed by atoms with Crippen molar-refractivity contribution in [3.63, 3.8) is 0 Å². The van der Waals surface area contributed by atoms with E-state index in [-0.39, 0.29) is 39.6 Å². The first-order valence-corrected chi connectivity index (χ1v) is 12.9. The Labute approximate surface area is 217 Å². The number of carbonyl (C=O) groups excluding carboxylic acids is 1. The summed E-state index contributed by atoms with van der Waals surface area (Å²) in [5, 5.41) is 6.83. The molecule has 3 aromatic rings. The fourth-order valence-electron chi connectivity index (χ4n) is 5.05. The van der Waals surface area contributed by atoms with Crippen molar-refractivity contribution in [1.82, 2.24) is 19.5 Å². The number of fused-ring (bicyclic) bond motifs is 1. The molecule has 12 heteroatoms. The summed E-state index contributed by atoms with van der Waals surface area (Å²) in [4.78, 5) is 25.7. The molecule has 1 aliphatic carbocycles. The molecule has 4 N–H and O–H groups in total. The molecule has 1 aliphatic heterocycles. The number of nitrogens with one attached hydrogen (secondary N) is 2. The standard InChI is InChI=1S/C24H28Cl2FN7O2/c1-12-11-36-7-6-18(12)30-23-29-10-19-22(33-23)34(15-4-2-13(3-5-15)21(28)35)24(31-19)32-20-16(26)8-14(25)9-17(20)27/h8-10,12-13,15,18H,2-7,11H2,1H3,(H2,28,35)(H,31,32)(H,29,30,33)/t12-,13?,15?,18?/m1/s1. The molecule has 0 bridgehead atoms. The molecule has 1 saturated heterocycles. The summed E-state index contributed by atoms with van der Waals surface area (Å²) < 4.78 is 22.3. The predicted molar refractivity (Wildman–Crippen MR) is 137 cm³/mol. The van der Waals surface area contributed by atoms with Crippen molar-refractivity contribution in [3.8, 4) is 0 Å². The predicted octanol–water partition coefficient (Wildman–Crippen LogP) is 5.07. The summed E-state index contributed by atoms with van der Waals surface area (Å²) in [6.07, 6.45) is 5.24. The highest BCUT2D eigenvalue weighted by Crippen LogP contribution is 2.38. The van der Waals surface area contributed by atoms with Crippen molar-refractivity contribution in [1.29, 1.82) is 0 Å². The largest absolute Gasteiger partial charge is 0.381 e. The number of aromatic nitrogens is 4. The average Bonchev–Trinajstić information content (AvgIpc) is 3.20. The molecular formula is C24H28Cl2FN7O2. The van der Waals surface area contributed by atoms with Gasteiger partial charge in [-0.2, -0.15) is 4.98 Å². The smallest absolute Gasteiger partial charge is 0.224 e. The Hall–Kier alpha value is -2.69. The van der Waals surface area contributed by atoms with Crippen molar-refractivity contribution >= 4 is 57.9 Å². The van der Waals surface area contributed by atoms with E-state index in [9.17, 15) is 9.18 Å². The van der Waals surface area contributed by atoms with Gasteiger partial charge in [-0.1, -0.05) is 30.1 Å². The van der Waals surface area contributed by atoms with Gasteiger partial charge >= 0.3 is 0 Å². The van der Waals surface area contributed by atoms with E-state index in [4.69, 9.17) is 38.7 Å². The number of nitrogens with two attached hydrogens (primary N) is 1. The average molecular weight is 536 g/mol. The van der Waals surface area contributed by atoms with Gasteiger partial charge in [-0.25, -0.2) is 14.4 Å². The molecule has 0 radical (unpaired) electrons. The summed E-state index contributed by atoms with van der Waals surface area (Å²) in [5.74, 6) is 0.177. The highest BCUT2D eigenvalue weighted by Gasteiger charge is 2.30. The van der Waals surface area contributed by atoms with Crippen LogP contribution in [0, 0.1) is 17.7 Å². The lowest BCUT2D eigenvalue weighted by atomic mass is 9.85. The lowest BCUT2D eigenvalue weighted by molar-refractivity contribution is -0.122. The van der Waals surface area contributed by atoms with Gasteiger partial charge in [0.1, 0.15) is 11.3 Å². The van der Waals surface area contributed by atoms with E-state index in [2.05, 4.69) is 27.5 Å².